The summed E-state index contributed by atoms with van der Waals surface area (Å²) in [6.07, 6.45) is 3.58. The summed E-state index contributed by atoms with van der Waals surface area (Å²) < 4.78 is 5.10. The summed E-state index contributed by atoms with van der Waals surface area (Å²) in [4.78, 5) is 39.1. The van der Waals surface area contributed by atoms with Crippen LogP contribution in [0.25, 0.3) is 0 Å². The van der Waals surface area contributed by atoms with E-state index in [-0.39, 0.29) is 17.7 Å². The van der Waals surface area contributed by atoms with Gasteiger partial charge in [-0.15, -0.1) is 0 Å². The number of nitrogens with zero attached hydrogens (tertiary/aromatic N) is 1. The Balaban J connectivity index is 1.60. The van der Waals surface area contributed by atoms with Gasteiger partial charge < -0.3 is 20.3 Å². The van der Waals surface area contributed by atoms with Gasteiger partial charge in [0.25, 0.3) is 11.8 Å². The fourth-order valence-corrected chi connectivity index (χ4v) is 3.40. The first-order chi connectivity index (χ1) is 14.6. The fraction of sp³-hybridized carbons (Fsp3) is 0.348. The summed E-state index contributed by atoms with van der Waals surface area (Å²) in [5, 5.41) is 5.65. The minimum Gasteiger partial charge on any atom is -0.497 e. The Morgan fingerprint density at radius 2 is 1.77 bits per heavy atom. The molecular formula is C23H27N3O4. The molecule has 0 spiro atoms. The average molecular weight is 409 g/mol. The zero-order chi connectivity index (χ0) is 21.3. The second-order valence-corrected chi connectivity index (χ2v) is 7.18. The highest BCUT2D eigenvalue weighted by Crippen LogP contribution is 2.18. The van der Waals surface area contributed by atoms with Gasteiger partial charge in [0.15, 0.2) is 0 Å². The van der Waals surface area contributed by atoms with E-state index in [2.05, 4.69) is 10.6 Å². The van der Waals surface area contributed by atoms with E-state index in [1.54, 1.807) is 55.6 Å². The quantitative estimate of drug-likeness (QED) is 0.736. The zero-order valence-electron chi connectivity index (χ0n) is 17.1. The molecule has 1 heterocycles. The second kappa shape index (κ2) is 10.4. The molecule has 7 heteroatoms. The Morgan fingerprint density at radius 1 is 1.00 bits per heavy atom. The van der Waals surface area contributed by atoms with Crippen molar-refractivity contribution in [3.05, 3.63) is 59.7 Å². The lowest BCUT2D eigenvalue weighted by Crippen LogP contribution is -2.38. The molecule has 2 N–H and O–H groups in total. The lowest BCUT2D eigenvalue weighted by molar-refractivity contribution is -0.130. The molecule has 0 unspecified atom stereocenters. The van der Waals surface area contributed by atoms with Gasteiger partial charge in [-0.05, 0) is 49.2 Å². The topological polar surface area (TPSA) is 87.7 Å². The highest BCUT2D eigenvalue weighted by Gasteiger charge is 2.17. The number of hydrogen-bond donors (Lipinski definition) is 2. The number of benzene rings is 2. The predicted molar refractivity (Wildman–Crippen MR) is 115 cm³/mol. The standard InChI is InChI=1S/C23H27N3O4/c1-30-18-12-10-17(11-13-18)22(28)25-20-8-5-4-7-19(20)23(29)24-14-16-26-15-6-2-3-9-21(26)27/h4-5,7-8,10-13H,2-3,6,9,14-16H2,1H3,(H,24,29)(H,25,28). The number of hydrogen-bond acceptors (Lipinski definition) is 4. The van der Waals surface area contributed by atoms with E-state index in [0.29, 0.717) is 42.1 Å². The molecule has 3 rings (SSSR count). The zero-order valence-corrected chi connectivity index (χ0v) is 17.1. The van der Waals surface area contributed by atoms with Gasteiger partial charge in [-0.25, -0.2) is 0 Å². The third kappa shape index (κ3) is 5.59. The number of anilines is 1. The molecular weight excluding hydrogens is 382 g/mol. The summed E-state index contributed by atoms with van der Waals surface area (Å²) in [5.41, 5.74) is 1.27. The van der Waals surface area contributed by atoms with E-state index in [1.807, 2.05) is 4.90 Å². The van der Waals surface area contributed by atoms with Crippen LogP contribution >= 0.6 is 0 Å². The SMILES string of the molecule is COc1ccc(C(=O)Nc2ccccc2C(=O)NCCN2CCCCCC2=O)cc1. The molecule has 1 aliphatic heterocycles. The van der Waals surface area contributed by atoms with Crippen LogP contribution in [0.5, 0.6) is 5.75 Å². The van der Waals surface area contributed by atoms with Crippen LogP contribution in [-0.2, 0) is 4.79 Å². The van der Waals surface area contributed by atoms with Crippen molar-refractivity contribution in [1.29, 1.82) is 0 Å². The molecule has 1 fully saturated rings. The highest BCUT2D eigenvalue weighted by molar-refractivity contribution is 6.09. The summed E-state index contributed by atoms with van der Waals surface area (Å²) in [7, 11) is 1.56. The first kappa shape index (κ1) is 21.4. The van der Waals surface area contributed by atoms with Crippen LogP contribution in [0.4, 0.5) is 5.69 Å². The van der Waals surface area contributed by atoms with Crippen molar-refractivity contribution in [2.45, 2.75) is 25.7 Å². The number of carbonyl (C=O) groups excluding carboxylic acids is 3. The number of carbonyl (C=O) groups is 3. The van der Waals surface area contributed by atoms with Crippen LogP contribution in [0.3, 0.4) is 0 Å². The van der Waals surface area contributed by atoms with E-state index in [9.17, 15) is 14.4 Å². The summed E-state index contributed by atoms with van der Waals surface area (Å²) in [6.45, 7) is 1.60. The number of methoxy groups -OCH3 is 1. The third-order valence-corrected chi connectivity index (χ3v) is 5.11. The van der Waals surface area contributed by atoms with Crippen LogP contribution in [0.15, 0.2) is 48.5 Å². The van der Waals surface area contributed by atoms with Crippen LogP contribution in [-0.4, -0.2) is 49.4 Å². The van der Waals surface area contributed by atoms with Crippen LogP contribution in [0.1, 0.15) is 46.4 Å². The molecule has 0 atom stereocenters. The maximum Gasteiger partial charge on any atom is 0.255 e. The van der Waals surface area contributed by atoms with Gasteiger partial charge in [-0.3, -0.25) is 14.4 Å². The molecule has 3 amide bonds. The number of para-hydroxylation sites is 1. The van der Waals surface area contributed by atoms with Gasteiger partial charge in [0.1, 0.15) is 5.75 Å². The van der Waals surface area contributed by atoms with E-state index in [1.165, 1.54) is 0 Å². The summed E-state index contributed by atoms with van der Waals surface area (Å²) in [6, 6.07) is 13.6. The molecule has 0 bridgehead atoms. The van der Waals surface area contributed by atoms with Crippen molar-refractivity contribution >= 4 is 23.4 Å². The van der Waals surface area contributed by atoms with Crippen molar-refractivity contribution in [3.8, 4) is 5.75 Å². The molecule has 0 aliphatic carbocycles. The number of likely N-dealkylation sites (tertiary alicyclic amines) is 1. The smallest absolute Gasteiger partial charge is 0.255 e. The second-order valence-electron chi connectivity index (χ2n) is 7.18. The minimum absolute atomic E-state index is 0.147. The lowest BCUT2D eigenvalue weighted by Gasteiger charge is -2.20. The first-order valence-electron chi connectivity index (χ1n) is 10.2. The van der Waals surface area contributed by atoms with E-state index >= 15 is 0 Å². The Labute approximate surface area is 176 Å². The monoisotopic (exact) mass is 409 g/mol. The Morgan fingerprint density at radius 3 is 2.53 bits per heavy atom. The number of rotatable bonds is 7. The van der Waals surface area contributed by atoms with Gasteiger partial charge in [0, 0.05) is 31.6 Å². The molecule has 2 aromatic rings. The van der Waals surface area contributed by atoms with Gasteiger partial charge in [0.05, 0.1) is 18.4 Å². The van der Waals surface area contributed by atoms with E-state index in [0.717, 1.165) is 25.8 Å². The molecule has 0 aromatic heterocycles. The third-order valence-electron chi connectivity index (χ3n) is 5.11. The first-order valence-corrected chi connectivity index (χ1v) is 10.2. The van der Waals surface area contributed by atoms with E-state index in [4.69, 9.17) is 4.74 Å². The van der Waals surface area contributed by atoms with Crippen molar-refractivity contribution < 1.29 is 19.1 Å². The average Bonchev–Trinajstić information content (AvgIpc) is 2.98. The molecule has 2 aromatic carbocycles. The maximum absolute atomic E-state index is 12.7. The van der Waals surface area contributed by atoms with Crippen molar-refractivity contribution in [2.24, 2.45) is 0 Å². The molecule has 30 heavy (non-hydrogen) atoms. The van der Waals surface area contributed by atoms with Crippen LogP contribution in [0.2, 0.25) is 0 Å². The van der Waals surface area contributed by atoms with E-state index < -0.39 is 0 Å². The summed E-state index contributed by atoms with van der Waals surface area (Å²) in [5.74, 6) is 0.207. The maximum atomic E-state index is 12.7. The number of nitrogens with one attached hydrogen (secondary N) is 2. The molecule has 1 aliphatic rings. The van der Waals surface area contributed by atoms with Gasteiger partial charge in [-0.1, -0.05) is 18.6 Å². The Bertz CT molecular complexity index is 896. The largest absolute Gasteiger partial charge is 0.497 e. The number of ether oxygens (including phenoxy) is 1. The molecule has 7 nitrogen and oxygen atoms in total. The van der Waals surface area contributed by atoms with Crippen molar-refractivity contribution in [1.82, 2.24) is 10.2 Å². The molecule has 1 saturated heterocycles. The Hall–Kier alpha value is -3.35. The van der Waals surface area contributed by atoms with Crippen LogP contribution in [0, 0.1) is 0 Å². The minimum atomic E-state index is -0.312. The molecule has 0 saturated carbocycles. The number of amides is 3. The fourth-order valence-electron chi connectivity index (χ4n) is 3.40. The van der Waals surface area contributed by atoms with Crippen molar-refractivity contribution in [2.75, 3.05) is 32.1 Å². The molecule has 158 valence electrons. The van der Waals surface area contributed by atoms with Crippen LogP contribution < -0.4 is 15.4 Å². The summed E-state index contributed by atoms with van der Waals surface area (Å²) >= 11 is 0. The highest BCUT2D eigenvalue weighted by atomic mass is 16.5. The van der Waals surface area contributed by atoms with Gasteiger partial charge in [0.2, 0.25) is 5.91 Å². The molecule has 0 radical (unpaired) electrons. The van der Waals surface area contributed by atoms with Gasteiger partial charge >= 0.3 is 0 Å². The van der Waals surface area contributed by atoms with Crippen molar-refractivity contribution in [3.63, 3.8) is 0 Å². The lowest BCUT2D eigenvalue weighted by atomic mass is 10.1. The normalized spacial score (nSPS) is 14.0. The predicted octanol–water partition coefficient (Wildman–Crippen LogP) is 3.08. The van der Waals surface area contributed by atoms with Gasteiger partial charge in [-0.2, -0.15) is 0 Å². The Kier molecular flexibility index (Phi) is 7.43.